The molecule has 272 valence electrons. The number of benzene rings is 7. The maximum atomic E-state index is 14.2. The van der Waals surface area contributed by atoms with Gasteiger partial charge in [-0.3, -0.25) is 9.59 Å². The summed E-state index contributed by atoms with van der Waals surface area (Å²) in [4.78, 5) is 35.1. The number of anilines is 4. The van der Waals surface area contributed by atoms with Crippen LogP contribution in [-0.4, -0.2) is 11.8 Å². The Morgan fingerprint density at radius 2 is 0.909 bits per heavy atom. The second kappa shape index (κ2) is 12.4. The normalized spacial score (nSPS) is 15.5. The number of hydrogen-bond donors (Lipinski definition) is 0. The van der Waals surface area contributed by atoms with E-state index in [9.17, 15) is 35.9 Å². The number of carbonyl (C=O) groups is 2. The Bertz CT molecular complexity index is 2550. The fourth-order valence-electron chi connectivity index (χ4n) is 7.78. The molecule has 2 heterocycles. The van der Waals surface area contributed by atoms with Crippen LogP contribution in [0, 0.1) is 0 Å². The van der Waals surface area contributed by atoms with E-state index in [4.69, 9.17) is 0 Å². The maximum absolute atomic E-state index is 14.2. The lowest BCUT2D eigenvalue weighted by molar-refractivity contribution is -0.143. The van der Waals surface area contributed by atoms with Crippen molar-refractivity contribution in [1.29, 1.82) is 0 Å². The average molecular weight is 761 g/mol. The van der Waals surface area contributed by atoms with Crippen LogP contribution in [0.2, 0.25) is 0 Å². The fraction of sp³-hybridized carbons (Fsp3) is 0.0455. The quantitative estimate of drug-likeness (QED) is 0.132. The molecule has 0 unspecified atom stereocenters. The van der Waals surface area contributed by atoms with Gasteiger partial charge in [-0.1, -0.05) is 72.8 Å². The SMILES string of the molecule is O=C1c2cccc3c(N4c5ccccc5S(c5ccccc5)(c5ccccc5)c5ccccc54)ccc(c23)C(=O)N1c1cc(C(F)(F)F)cc(C(F)(F)F)c1. The number of nitrogens with zero attached hydrogens (tertiary/aromatic N) is 2. The van der Waals surface area contributed by atoms with Crippen LogP contribution in [0.3, 0.4) is 0 Å². The van der Waals surface area contributed by atoms with E-state index in [1.165, 1.54) is 12.1 Å². The molecule has 4 nitrogen and oxygen atoms in total. The molecule has 0 aliphatic carbocycles. The monoisotopic (exact) mass is 760 g/mol. The van der Waals surface area contributed by atoms with Gasteiger partial charge in [0, 0.05) is 41.5 Å². The number of carbonyl (C=O) groups excluding carboxylic acids is 2. The summed E-state index contributed by atoms with van der Waals surface area (Å²) >= 11 is 0. The fourth-order valence-corrected chi connectivity index (χ4v) is 11.9. The number of fused-ring (bicyclic) bond motifs is 2. The molecule has 0 spiro atoms. The van der Waals surface area contributed by atoms with Crippen molar-refractivity contribution in [3.05, 3.63) is 180 Å². The topological polar surface area (TPSA) is 40.6 Å². The third kappa shape index (κ3) is 5.17. The van der Waals surface area contributed by atoms with Crippen molar-refractivity contribution in [3.8, 4) is 0 Å². The van der Waals surface area contributed by atoms with Crippen LogP contribution < -0.4 is 9.80 Å². The molecule has 9 rings (SSSR count). The minimum Gasteiger partial charge on any atom is -0.308 e. The molecule has 55 heavy (non-hydrogen) atoms. The van der Waals surface area contributed by atoms with Crippen LogP contribution in [0.5, 0.6) is 0 Å². The van der Waals surface area contributed by atoms with Crippen molar-refractivity contribution in [2.45, 2.75) is 31.9 Å². The van der Waals surface area contributed by atoms with Crippen LogP contribution >= 0.6 is 10.0 Å². The van der Waals surface area contributed by atoms with Gasteiger partial charge in [0.15, 0.2) is 0 Å². The highest BCUT2D eigenvalue weighted by Gasteiger charge is 2.44. The van der Waals surface area contributed by atoms with Gasteiger partial charge < -0.3 is 4.90 Å². The van der Waals surface area contributed by atoms with E-state index >= 15 is 0 Å². The van der Waals surface area contributed by atoms with Gasteiger partial charge in [-0.15, -0.1) is 10.0 Å². The van der Waals surface area contributed by atoms with Crippen LogP contribution in [0.4, 0.5) is 49.1 Å². The molecule has 0 aromatic heterocycles. The van der Waals surface area contributed by atoms with Gasteiger partial charge in [0.05, 0.1) is 33.9 Å². The van der Waals surface area contributed by atoms with E-state index in [1.54, 1.807) is 18.2 Å². The predicted octanol–water partition coefficient (Wildman–Crippen LogP) is 12.8. The van der Waals surface area contributed by atoms with Crippen LogP contribution in [-0.2, 0) is 12.4 Å². The first-order valence-electron chi connectivity index (χ1n) is 17.1. The Kier molecular flexibility index (Phi) is 7.74. The molecule has 2 aliphatic heterocycles. The molecule has 7 aromatic carbocycles. The van der Waals surface area contributed by atoms with E-state index in [2.05, 4.69) is 41.3 Å². The molecule has 0 saturated carbocycles. The first-order valence-corrected chi connectivity index (χ1v) is 18.7. The number of imide groups is 1. The lowest BCUT2D eigenvalue weighted by Crippen LogP contribution is -2.40. The van der Waals surface area contributed by atoms with E-state index in [-0.39, 0.29) is 22.6 Å². The lowest BCUT2D eigenvalue weighted by atomic mass is 9.91. The number of halogens is 6. The molecule has 11 heteroatoms. The number of para-hydroxylation sites is 2. The van der Waals surface area contributed by atoms with Gasteiger partial charge in [-0.2, -0.15) is 26.3 Å². The van der Waals surface area contributed by atoms with Crippen LogP contribution in [0.25, 0.3) is 10.8 Å². The van der Waals surface area contributed by atoms with Gasteiger partial charge >= 0.3 is 12.4 Å². The second-order valence-corrected chi connectivity index (χ2v) is 16.1. The zero-order valence-corrected chi connectivity index (χ0v) is 29.2. The summed E-state index contributed by atoms with van der Waals surface area (Å²) in [7, 11) is -2.08. The van der Waals surface area contributed by atoms with Gasteiger partial charge in [0.1, 0.15) is 0 Å². The van der Waals surface area contributed by atoms with Crippen LogP contribution in [0.15, 0.2) is 177 Å². The third-order valence-electron chi connectivity index (χ3n) is 10.0. The average Bonchev–Trinajstić information content (AvgIpc) is 3.19. The number of hydrogen-bond acceptors (Lipinski definition) is 3. The Hall–Kier alpha value is -6.33. The minimum absolute atomic E-state index is 0.0351. The van der Waals surface area contributed by atoms with Gasteiger partial charge in [-0.25, -0.2) is 4.90 Å². The summed E-state index contributed by atoms with van der Waals surface area (Å²) in [6, 6.07) is 45.5. The third-order valence-corrected chi connectivity index (χ3v) is 14.0. The number of alkyl halides is 6. The molecule has 2 aliphatic rings. The molecule has 0 saturated heterocycles. The van der Waals surface area contributed by atoms with Crippen LogP contribution in [0.1, 0.15) is 31.8 Å². The maximum Gasteiger partial charge on any atom is 0.416 e. The van der Waals surface area contributed by atoms with E-state index in [0.29, 0.717) is 28.1 Å². The minimum atomic E-state index is -5.17. The van der Waals surface area contributed by atoms with E-state index < -0.39 is 51.0 Å². The highest BCUT2D eigenvalue weighted by atomic mass is 32.3. The molecule has 0 N–H and O–H groups in total. The smallest absolute Gasteiger partial charge is 0.308 e. The first kappa shape index (κ1) is 34.4. The number of rotatable bonds is 4. The zero-order chi connectivity index (χ0) is 38.3. The largest absolute Gasteiger partial charge is 0.416 e. The summed E-state index contributed by atoms with van der Waals surface area (Å²) in [5.74, 6) is -2.08. The van der Waals surface area contributed by atoms with Crippen molar-refractivity contribution in [3.63, 3.8) is 0 Å². The molecular formula is C44H26F6N2O2S. The van der Waals surface area contributed by atoms with Crippen molar-refractivity contribution in [1.82, 2.24) is 0 Å². The zero-order valence-electron chi connectivity index (χ0n) is 28.4. The first-order chi connectivity index (χ1) is 26.4. The molecule has 0 radical (unpaired) electrons. The Morgan fingerprint density at radius 1 is 0.436 bits per heavy atom. The second-order valence-electron chi connectivity index (χ2n) is 13.1. The van der Waals surface area contributed by atoms with Crippen molar-refractivity contribution >= 4 is 55.4 Å². The van der Waals surface area contributed by atoms with E-state index in [0.717, 1.165) is 31.0 Å². The Labute approximate surface area is 312 Å². The van der Waals surface area contributed by atoms with Crippen molar-refractivity contribution in [2.75, 3.05) is 9.80 Å². The van der Waals surface area contributed by atoms with E-state index in [1.807, 2.05) is 72.8 Å². The Morgan fingerprint density at radius 3 is 1.42 bits per heavy atom. The van der Waals surface area contributed by atoms with Gasteiger partial charge in [0.2, 0.25) is 0 Å². The van der Waals surface area contributed by atoms with Gasteiger partial charge in [0.25, 0.3) is 11.8 Å². The van der Waals surface area contributed by atoms with Crippen molar-refractivity contribution < 1.29 is 35.9 Å². The molecule has 0 bridgehead atoms. The predicted molar refractivity (Wildman–Crippen MR) is 200 cm³/mol. The Balaban J connectivity index is 1.27. The molecule has 0 fully saturated rings. The molecule has 7 aromatic rings. The lowest BCUT2D eigenvalue weighted by Gasteiger charge is -2.50. The molecular weight excluding hydrogens is 735 g/mol. The highest BCUT2D eigenvalue weighted by Crippen LogP contribution is 2.79. The number of amides is 2. The summed E-state index contributed by atoms with van der Waals surface area (Å²) < 4.78 is 83.0. The standard InChI is InChI=1S/C44H26F6N2O2S/c45-43(46,47)27-24-28(44(48,49)50)26-29(25-27)51-41(53)33-17-11-16-32-35(23-22-34(40(32)33)42(51)54)52-36-18-7-9-20-38(36)55(30-12-3-1-4-13-30,31-14-5-2-6-15-31)39-21-10-8-19-37(39)52/h1-26H. The summed E-state index contributed by atoms with van der Waals surface area (Å²) in [6.07, 6.45) is -10.3. The summed E-state index contributed by atoms with van der Waals surface area (Å²) in [6.45, 7) is 0. The van der Waals surface area contributed by atoms with Crippen molar-refractivity contribution in [2.24, 2.45) is 0 Å². The molecule has 0 atom stereocenters. The molecule has 2 amide bonds. The summed E-state index contributed by atoms with van der Waals surface area (Å²) in [5.41, 5.74) is -1.82. The highest BCUT2D eigenvalue weighted by molar-refractivity contribution is 8.34. The summed E-state index contributed by atoms with van der Waals surface area (Å²) in [5, 5.41) is 0.752. The van der Waals surface area contributed by atoms with Gasteiger partial charge in [-0.05, 0) is 84.9 Å².